The number of unbranched alkanes of at least 4 members (excludes halogenated alkanes) is 12. The topological polar surface area (TPSA) is 0 Å². The van der Waals surface area contributed by atoms with Gasteiger partial charge in [-0.2, -0.15) is 0 Å². The highest BCUT2D eigenvalue weighted by atomic mass is 14.2. The van der Waals surface area contributed by atoms with Crippen LogP contribution in [-0.4, -0.2) is 0 Å². The molecule has 1 aromatic carbocycles. The standard InChI is InChI=1S/C29H52/c1-5-9-12-15-18-21-27-24-26(8-4)25-28(22-19-16-13-10-6-2)29(27)23-20-17-14-11-7-3/h24-25H,5-23H2,1-4H3. The predicted octanol–water partition coefficient (Wildman–Crippen LogP) is 9.79. The molecule has 168 valence electrons. The van der Waals surface area contributed by atoms with E-state index in [9.17, 15) is 0 Å². The monoisotopic (exact) mass is 400 g/mol. The molecule has 0 spiro atoms. The van der Waals surface area contributed by atoms with E-state index in [-0.39, 0.29) is 0 Å². The molecule has 1 aromatic rings. The average Bonchev–Trinajstić information content (AvgIpc) is 2.74. The molecule has 0 amide bonds. The van der Waals surface area contributed by atoms with Crippen LogP contribution in [0.5, 0.6) is 0 Å². The Kier molecular flexibility index (Phi) is 16.3. The van der Waals surface area contributed by atoms with Gasteiger partial charge >= 0.3 is 0 Å². The van der Waals surface area contributed by atoms with Crippen molar-refractivity contribution in [1.82, 2.24) is 0 Å². The van der Waals surface area contributed by atoms with Crippen LogP contribution in [0.4, 0.5) is 0 Å². The van der Waals surface area contributed by atoms with Crippen LogP contribution in [0.1, 0.15) is 146 Å². The van der Waals surface area contributed by atoms with Gasteiger partial charge in [-0.15, -0.1) is 0 Å². The molecule has 0 heterocycles. The molecule has 0 aliphatic heterocycles. The molecule has 0 bridgehead atoms. The molecule has 29 heavy (non-hydrogen) atoms. The van der Waals surface area contributed by atoms with Crippen molar-refractivity contribution in [3.63, 3.8) is 0 Å². The van der Waals surface area contributed by atoms with E-state index in [0.29, 0.717) is 0 Å². The molecule has 0 aliphatic rings. The first-order valence-electron chi connectivity index (χ1n) is 13.4. The number of benzene rings is 1. The molecular weight excluding hydrogens is 348 g/mol. The molecule has 0 radical (unpaired) electrons. The van der Waals surface area contributed by atoms with Gasteiger partial charge in [-0.1, -0.05) is 117 Å². The van der Waals surface area contributed by atoms with Crippen LogP contribution < -0.4 is 0 Å². The van der Waals surface area contributed by atoms with Crippen LogP contribution in [0.15, 0.2) is 12.1 Å². The van der Waals surface area contributed by atoms with Gasteiger partial charge in [-0.25, -0.2) is 0 Å². The lowest BCUT2D eigenvalue weighted by Crippen LogP contribution is -2.04. The van der Waals surface area contributed by atoms with E-state index in [4.69, 9.17) is 0 Å². The lowest BCUT2D eigenvalue weighted by atomic mass is 9.88. The Morgan fingerprint density at radius 1 is 0.448 bits per heavy atom. The van der Waals surface area contributed by atoms with E-state index >= 15 is 0 Å². The Bertz CT molecular complexity index is 464. The minimum Gasteiger partial charge on any atom is -0.0654 e. The van der Waals surface area contributed by atoms with Gasteiger partial charge in [0, 0.05) is 0 Å². The van der Waals surface area contributed by atoms with Gasteiger partial charge in [-0.3, -0.25) is 0 Å². The zero-order valence-corrected chi connectivity index (χ0v) is 20.6. The van der Waals surface area contributed by atoms with Gasteiger partial charge in [0.05, 0.1) is 0 Å². The summed E-state index contributed by atoms with van der Waals surface area (Å²) in [5.74, 6) is 0. The lowest BCUT2D eigenvalue weighted by Gasteiger charge is -2.18. The first-order valence-corrected chi connectivity index (χ1v) is 13.4. The Morgan fingerprint density at radius 2 is 0.828 bits per heavy atom. The fourth-order valence-corrected chi connectivity index (χ4v) is 4.58. The summed E-state index contributed by atoms with van der Waals surface area (Å²) in [5.41, 5.74) is 6.75. The van der Waals surface area contributed by atoms with E-state index in [1.165, 1.54) is 122 Å². The van der Waals surface area contributed by atoms with Crippen molar-refractivity contribution < 1.29 is 0 Å². The molecule has 0 saturated heterocycles. The first kappa shape index (κ1) is 26.3. The summed E-state index contributed by atoms with van der Waals surface area (Å²) >= 11 is 0. The molecule has 0 atom stereocenters. The SMILES string of the molecule is CCCCCCCc1cc(CC)cc(CCCCCCC)c1CCCCCCC. The maximum Gasteiger partial charge on any atom is -0.0273 e. The highest BCUT2D eigenvalue weighted by Crippen LogP contribution is 2.25. The minimum atomic E-state index is 1.18. The molecular formula is C29H52. The van der Waals surface area contributed by atoms with Gasteiger partial charge in [0.15, 0.2) is 0 Å². The summed E-state index contributed by atoms with van der Waals surface area (Å²) in [7, 11) is 0. The van der Waals surface area contributed by atoms with Crippen molar-refractivity contribution in [2.45, 2.75) is 150 Å². The van der Waals surface area contributed by atoms with E-state index in [1.807, 2.05) is 0 Å². The Hall–Kier alpha value is -0.780. The van der Waals surface area contributed by atoms with Crippen molar-refractivity contribution in [1.29, 1.82) is 0 Å². The predicted molar refractivity (Wildman–Crippen MR) is 133 cm³/mol. The summed E-state index contributed by atoms with van der Waals surface area (Å²) in [6.07, 6.45) is 26.0. The molecule has 0 unspecified atom stereocenters. The maximum absolute atomic E-state index is 2.57. The summed E-state index contributed by atoms with van der Waals surface area (Å²) in [5, 5.41) is 0. The third-order valence-electron chi connectivity index (χ3n) is 6.53. The van der Waals surface area contributed by atoms with Crippen LogP contribution >= 0.6 is 0 Å². The van der Waals surface area contributed by atoms with Gasteiger partial charge in [-0.05, 0) is 67.2 Å². The average molecular weight is 401 g/mol. The van der Waals surface area contributed by atoms with Gasteiger partial charge < -0.3 is 0 Å². The summed E-state index contributed by atoms with van der Waals surface area (Å²) in [4.78, 5) is 0. The summed E-state index contributed by atoms with van der Waals surface area (Å²) in [6, 6.07) is 5.14. The van der Waals surface area contributed by atoms with Crippen LogP contribution in [0.3, 0.4) is 0 Å². The Morgan fingerprint density at radius 3 is 1.21 bits per heavy atom. The Balaban J connectivity index is 2.81. The second-order valence-electron chi connectivity index (χ2n) is 9.24. The Labute approximate surface area is 184 Å². The van der Waals surface area contributed by atoms with Crippen LogP contribution in [0.25, 0.3) is 0 Å². The van der Waals surface area contributed by atoms with Crippen molar-refractivity contribution >= 4 is 0 Å². The second kappa shape index (κ2) is 18.0. The smallest absolute Gasteiger partial charge is 0.0273 e. The molecule has 0 heteroatoms. The molecule has 0 nitrogen and oxygen atoms in total. The fourth-order valence-electron chi connectivity index (χ4n) is 4.58. The third-order valence-corrected chi connectivity index (χ3v) is 6.53. The van der Waals surface area contributed by atoms with E-state index in [2.05, 4.69) is 39.8 Å². The van der Waals surface area contributed by atoms with Crippen molar-refractivity contribution in [2.75, 3.05) is 0 Å². The number of hydrogen-bond donors (Lipinski definition) is 0. The quantitative estimate of drug-likeness (QED) is 0.203. The second-order valence-corrected chi connectivity index (χ2v) is 9.24. The normalized spacial score (nSPS) is 11.3. The number of rotatable bonds is 19. The fraction of sp³-hybridized carbons (Fsp3) is 0.793. The third kappa shape index (κ3) is 11.9. The number of aryl methyl sites for hydroxylation is 3. The zero-order chi connectivity index (χ0) is 21.2. The van der Waals surface area contributed by atoms with Gasteiger partial charge in [0.2, 0.25) is 0 Å². The highest BCUT2D eigenvalue weighted by molar-refractivity contribution is 5.40. The largest absolute Gasteiger partial charge is 0.0654 e. The molecule has 1 rings (SSSR count). The minimum absolute atomic E-state index is 1.18. The first-order chi connectivity index (χ1) is 14.3. The van der Waals surface area contributed by atoms with Crippen molar-refractivity contribution in [2.24, 2.45) is 0 Å². The molecule has 0 aromatic heterocycles. The maximum atomic E-state index is 2.57. The lowest BCUT2D eigenvalue weighted by molar-refractivity contribution is 0.612. The van der Waals surface area contributed by atoms with E-state index in [0.717, 1.165) is 0 Å². The van der Waals surface area contributed by atoms with Crippen LogP contribution in [0.2, 0.25) is 0 Å². The molecule has 0 aliphatic carbocycles. The zero-order valence-electron chi connectivity index (χ0n) is 20.6. The highest BCUT2D eigenvalue weighted by Gasteiger charge is 2.11. The van der Waals surface area contributed by atoms with Crippen LogP contribution in [0, 0.1) is 0 Å². The van der Waals surface area contributed by atoms with Gasteiger partial charge in [0.1, 0.15) is 0 Å². The summed E-state index contributed by atoms with van der Waals surface area (Å²) in [6.45, 7) is 9.27. The van der Waals surface area contributed by atoms with Gasteiger partial charge in [0.25, 0.3) is 0 Å². The van der Waals surface area contributed by atoms with Crippen molar-refractivity contribution in [3.05, 3.63) is 34.4 Å². The molecule has 0 saturated carbocycles. The van der Waals surface area contributed by atoms with E-state index in [1.54, 1.807) is 22.3 Å². The molecule has 0 fully saturated rings. The van der Waals surface area contributed by atoms with E-state index < -0.39 is 0 Å². The summed E-state index contributed by atoms with van der Waals surface area (Å²) < 4.78 is 0. The van der Waals surface area contributed by atoms with Crippen LogP contribution in [-0.2, 0) is 25.7 Å². The molecule has 0 N–H and O–H groups in total. The van der Waals surface area contributed by atoms with Crippen molar-refractivity contribution in [3.8, 4) is 0 Å². The number of hydrogen-bond acceptors (Lipinski definition) is 0.